The molecule has 1 fully saturated rings. The molecule has 0 unspecified atom stereocenters. The smallest absolute Gasteiger partial charge is 0.337 e. The van der Waals surface area contributed by atoms with Crippen LogP contribution in [0.1, 0.15) is 29.7 Å². The van der Waals surface area contributed by atoms with Gasteiger partial charge in [0.05, 0.1) is 5.57 Å². The normalized spacial score (nSPS) is 16.6. The van der Waals surface area contributed by atoms with E-state index in [2.05, 4.69) is 0 Å². The molecule has 0 aliphatic carbocycles. The van der Waals surface area contributed by atoms with Gasteiger partial charge in [-0.1, -0.05) is 18.6 Å². The summed E-state index contributed by atoms with van der Waals surface area (Å²) in [6.07, 6.45) is 4.02. The maximum atomic E-state index is 13.3. The number of benzene rings is 1. The number of hydrogen-bond donors (Lipinski definition) is 1. The van der Waals surface area contributed by atoms with Gasteiger partial charge in [0, 0.05) is 18.0 Å². The van der Waals surface area contributed by atoms with E-state index in [1.165, 1.54) is 40.7 Å². The lowest BCUT2D eigenvalue weighted by Gasteiger charge is -2.25. The average molecular weight is 395 g/mol. The SMILES string of the molecule is O=C(O)C(=Cc1cccc(F)c1)c1ccc(S(=O)(=O)N2CCCCC2)s1. The predicted molar refractivity (Wildman–Crippen MR) is 98.8 cm³/mol. The van der Waals surface area contributed by atoms with E-state index in [4.69, 9.17) is 0 Å². The van der Waals surface area contributed by atoms with Crippen LogP contribution in [0.15, 0.2) is 40.6 Å². The van der Waals surface area contributed by atoms with Crippen molar-refractivity contribution in [1.82, 2.24) is 4.31 Å². The molecule has 0 spiro atoms. The van der Waals surface area contributed by atoms with Crippen molar-refractivity contribution < 1.29 is 22.7 Å². The number of thiophene rings is 1. The van der Waals surface area contributed by atoms with Crippen molar-refractivity contribution in [2.45, 2.75) is 23.5 Å². The van der Waals surface area contributed by atoms with Crippen LogP contribution in [0.2, 0.25) is 0 Å². The summed E-state index contributed by atoms with van der Waals surface area (Å²) in [5.74, 6) is -1.67. The lowest BCUT2D eigenvalue weighted by atomic mass is 10.1. The van der Waals surface area contributed by atoms with Gasteiger partial charge in [0.15, 0.2) is 0 Å². The highest BCUT2D eigenvalue weighted by Gasteiger charge is 2.28. The lowest BCUT2D eigenvalue weighted by Crippen LogP contribution is -2.35. The Morgan fingerprint density at radius 1 is 1.15 bits per heavy atom. The predicted octanol–water partition coefficient (Wildman–Crippen LogP) is 3.69. The van der Waals surface area contributed by atoms with Gasteiger partial charge >= 0.3 is 5.97 Å². The number of halogens is 1. The molecule has 0 amide bonds. The molecule has 0 bridgehead atoms. The first-order valence-electron chi connectivity index (χ1n) is 8.19. The molecule has 5 nitrogen and oxygen atoms in total. The topological polar surface area (TPSA) is 74.7 Å². The zero-order valence-electron chi connectivity index (χ0n) is 13.9. The minimum absolute atomic E-state index is 0.0688. The standard InChI is InChI=1S/C18H18FNO4S2/c19-14-6-4-5-13(11-14)12-15(18(21)22)16-7-8-17(25-16)26(23,24)20-9-2-1-3-10-20/h4-8,11-12H,1-3,9-10H2,(H,21,22). The van der Waals surface area contributed by atoms with Gasteiger partial charge in [0.2, 0.25) is 0 Å². The molecule has 138 valence electrons. The van der Waals surface area contributed by atoms with Gasteiger partial charge in [0.1, 0.15) is 10.0 Å². The van der Waals surface area contributed by atoms with Crippen molar-refractivity contribution in [3.8, 4) is 0 Å². The summed E-state index contributed by atoms with van der Waals surface area (Å²) in [4.78, 5) is 12.0. The Bertz CT molecular complexity index is 944. The Kier molecular flexibility index (Phi) is 5.55. The van der Waals surface area contributed by atoms with Gasteiger partial charge in [0.25, 0.3) is 10.0 Å². The molecule has 1 aliphatic heterocycles. The van der Waals surface area contributed by atoms with E-state index in [1.54, 1.807) is 6.07 Å². The summed E-state index contributed by atoms with van der Waals surface area (Å²) in [6, 6.07) is 8.49. The molecular weight excluding hydrogens is 377 g/mol. The van der Waals surface area contributed by atoms with Crippen molar-refractivity contribution in [1.29, 1.82) is 0 Å². The molecule has 1 saturated heterocycles. The Morgan fingerprint density at radius 3 is 2.54 bits per heavy atom. The van der Waals surface area contributed by atoms with Gasteiger partial charge in [-0.05, 0) is 48.7 Å². The van der Waals surface area contributed by atoms with E-state index in [0.717, 1.165) is 30.6 Å². The molecule has 1 aliphatic rings. The van der Waals surface area contributed by atoms with E-state index in [-0.39, 0.29) is 9.78 Å². The molecule has 1 aromatic carbocycles. The van der Waals surface area contributed by atoms with Crippen LogP contribution >= 0.6 is 11.3 Å². The second kappa shape index (κ2) is 7.69. The van der Waals surface area contributed by atoms with Gasteiger partial charge < -0.3 is 5.11 Å². The van der Waals surface area contributed by atoms with Crippen LogP contribution in [-0.2, 0) is 14.8 Å². The Balaban J connectivity index is 1.94. The third kappa shape index (κ3) is 4.03. The summed E-state index contributed by atoms with van der Waals surface area (Å²) in [7, 11) is -3.61. The van der Waals surface area contributed by atoms with Gasteiger partial charge in [-0.2, -0.15) is 4.31 Å². The molecule has 2 aromatic rings. The third-order valence-corrected chi connectivity index (χ3v) is 7.63. The van der Waals surface area contributed by atoms with E-state index in [0.29, 0.717) is 23.5 Å². The second-order valence-electron chi connectivity index (χ2n) is 6.00. The Hall–Kier alpha value is -2.03. The van der Waals surface area contributed by atoms with Crippen molar-refractivity contribution in [3.05, 3.63) is 52.7 Å². The summed E-state index contributed by atoms with van der Waals surface area (Å²) in [5, 5.41) is 9.50. The number of carboxylic acids is 1. The van der Waals surface area contributed by atoms with E-state index in [1.807, 2.05) is 0 Å². The van der Waals surface area contributed by atoms with Gasteiger partial charge in [-0.15, -0.1) is 11.3 Å². The molecule has 3 rings (SSSR count). The Labute approximate surface area is 155 Å². The highest BCUT2D eigenvalue weighted by atomic mass is 32.2. The summed E-state index contributed by atoms with van der Waals surface area (Å²) < 4.78 is 40.3. The molecule has 1 aromatic heterocycles. The maximum absolute atomic E-state index is 13.3. The van der Waals surface area contributed by atoms with Crippen LogP contribution in [0.25, 0.3) is 11.6 Å². The van der Waals surface area contributed by atoms with Crippen LogP contribution in [0.5, 0.6) is 0 Å². The van der Waals surface area contributed by atoms with Crippen molar-refractivity contribution in [2.24, 2.45) is 0 Å². The number of rotatable bonds is 5. The fourth-order valence-electron chi connectivity index (χ4n) is 2.84. The number of nitrogens with zero attached hydrogens (tertiary/aromatic N) is 1. The van der Waals surface area contributed by atoms with Crippen molar-refractivity contribution in [2.75, 3.05) is 13.1 Å². The third-order valence-electron chi connectivity index (χ3n) is 4.15. The van der Waals surface area contributed by atoms with Crippen LogP contribution in [0.4, 0.5) is 4.39 Å². The minimum atomic E-state index is -3.61. The molecule has 0 saturated carbocycles. The van der Waals surface area contributed by atoms with E-state index >= 15 is 0 Å². The van der Waals surface area contributed by atoms with Crippen LogP contribution < -0.4 is 0 Å². The number of carbonyl (C=O) groups is 1. The molecule has 2 heterocycles. The molecule has 0 radical (unpaired) electrons. The molecule has 1 N–H and O–H groups in total. The molecule has 8 heteroatoms. The Morgan fingerprint density at radius 2 is 1.88 bits per heavy atom. The molecule has 0 atom stereocenters. The van der Waals surface area contributed by atoms with Crippen LogP contribution in [0.3, 0.4) is 0 Å². The fraction of sp³-hybridized carbons (Fsp3) is 0.278. The van der Waals surface area contributed by atoms with Gasteiger partial charge in [-0.25, -0.2) is 17.6 Å². The van der Waals surface area contributed by atoms with Crippen molar-refractivity contribution >= 4 is 39.0 Å². The highest BCUT2D eigenvalue weighted by molar-refractivity contribution is 7.91. The van der Waals surface area contributed by atoms with E-state index in [9.17, 15) is 22.7 Å². The highest BCUT2D eigenvalue weighted by Crippen LogP contribution is 2.32. The monoisotopic (exact) mass is 395 g/mol. The first-order valence-corrected chi connectivity index (χ1v) is 10.4. The van der Waals surface area contributed by atoms with Crippen LogP contribution in [0, 0.1) is 5.82 Å². The van der Waals surface area contributed by atoms with Crippen molar-refractivity contribution in [3.63, 3.8) is 0 Å². The summed E-state index contributed by atoms with van der Waals surface area (Å²) >= 11 is 0.921. The maximum Gasteiger partial charge on any atom is 0.337 e. The number of piperidine rings is 1. The number of hydrogen-bond acceptors (Lipinski definition) is 4. The summed E-state index contributed by atoms with van der Waals surface area (Å²) in [6.45, 7) is 0.973. The fourth-order valence-corrected chi connectivity index (χ4v) is 5.82. The number of aliphatic carboxylic acids is 1. The zero-order chi connectivity index (χ0) is 18.7. The van der Waals surface area contributed by atoms with E-state index < -0.39 is 21.8 Å². The largest absolute Gasteiger partial charge is 0.478 e. The molecule has 26 heavy (non-hydrogen) atoms. The second-order valence-corrected chi connectivity index (χ2v) is 9.25. The van der Waals surface area contributed by atoms with Gasteiger partial charge in [-0.3, -0.25) is 0 Å². The first-order chi connectivity index (χ1) is 12.4. The quantitative estimate of drug-likeness (QED) is 0.784. The average Bonchev–Trinajstić information content (AvgIpc) is 3.11. The number of carboxylic acid groups (broad SMARTS) is 1. The summed E-state index contributed by atoms with van der Waals surface area (Å²) in [5.41, 5.74) is 0.330. The first kappa shape index (κ1) is 18.8. The lowest BCUT2D eigenvalue weighted by molar-refractivity contribution is -0.130. The number of sulfonamides is 1. The molecular formula is C18H18FNO4S2. The zero-order valence-corrected chi connectivity index (χ0v) is 15.5. The van der Waals surface area contributed by atoms with Crippen LogP contribution in [-0.4, -0.2) is 36.9 Å². The minimum Gasteiger partial charge on any atom is -0.478 e.